The minimum atomic E-state index is -0.775. The number of nitrogens with one attached hydrogen (secondary N) is 2. The zero-order valence-electron chi connectivity index (χ0n) is 14.6. The molecule has 0 saturated heterocycles. The van der Waals surface area contributed by atoms with Crippen LogP contribution in [0.3, 0.4) is 0 Å². The van der Waals surface area contributed by atoms with Gasteiger partial charge in [-0.05, 0) is 24.8 Å². The first-order valence-electron chi connectivity index (χ1n) is 8.24. The van der Waals surface area contributed by atoms with Gasteiger partial charge in [0.05, 0.1) is 19.8 Å². The Morgan fingerprint density at radius 2 is 1.85 bits per heavy atom. The number of hydrogen-bond donors (Lipinski definition) is 3. The molecule has 0 spiro atoms. The zero-order valence-corrected chi connectivity index (χ0v) is 14.6. The quantitative estimate of drug-likeness (QED) is 0.669. The summed E-state index contributed by atoms with van der Waals surface area (Å²) < 4.78 is 24.7. The maximum absolute atomic E-state index is 14.2. The molecule has 8 heteroatoms. The number of aromatic nitrogens is 1. The fourth-order valence-corrected chi connectivity index (χ4v) is 2.48. The summed E-state index contributed by atoms with van der Waals surface area (Å²) in [7, 11) is 3.06. The Bertz CT molecular complexity index is 802. The van der Waals surface area contributed by atoms with Crippen LogP contribution < -0.4 is 25.8 Å². The molecule has 1 aromatic carbocycles. The van der Waals surface area contributed by atoms with Crippen LogP contribution in [-0.2, 0) is 0 Å². The van der Waals surface area contributed by atoms with Crippen LogP contribution in [0, 0.1) is 11.7 Å². The van der Waals surface area contributed by atoms with Gasteiger partial charge < -0.3 is 25.8 Å². The molecule has 0 unspecified atom stereocenters. The zero-order chi connectivity index (χ0) is 18.7. The number of rotatable bonds is 8. The van der Waals surface area contributed by atoms with E-state index in [4.69, 9.17) is 15.2 Å². The molecule has 0 atom stereocenters. The molecular formula is C18H21FN4O3. The number of benzene rings is 1. The van der Waals surface area contributed by atoms with Gasteiger partial charge in [-0.1, -0.05) is 0 Å². The molecule has 26 heavy (non-hydrogen) atoms. The number of anilines is 3. The number of carbonyl (C=O) groups is 1. The van der Waals surface area contributed by atoms with Crippen molar-refractivity contribution in [1.82, 2.24) is 4.98 Å². The van der Waals surface area contributed by atoms with E-state index >= 15 is 0 Å². The molecule has 0 aliphatic heterocycles. The molecule has 7 nitrogen and oxygen atoms in total. The fraction of sp³-hybridized carbons (Fsp3) is 0.333. The first kappa shape index (κ1) is 17.8. The van der Waals surface area contributed by atoms with Gasteiger partial charge in [0.1, 0.15) is 17.3 Å². The van der Waals surface area contributed by atoms with E-state index in [9.17, 15) is 9.18 Å². The summed E-state index contributed by atoms with van der Waals surface area (Å²) in [6, 6.07) is 6.20. The highest BCUT2D eigenvalue weighted by Crippen LogP contribution is 2.31. The smallest absolute Gasteiger partial charge is 0.252 e. The number of halogens is 1. The van der Waals surface area contributed by atoms with Gasteiger partial charge in [-0.3, -0.25) is 4.79 Å². The Kier molecular flexibility index (Phi) is 5.11. The van der Waals surface area contributed by atoms with Crippen molar-refractivity contribution >= 4 is 23.2 Å². The Balaban J connectivity index is 1.93. The molecule has 1 fully saturated rings. The number of hydrogen-bond acceptors (Lipinski definition) is 6. The molecule has 0 radical (unpaired) electrons. The third-order valence-corrected chi connectivity index (χ3v) is 4.11. The normalized spacial score (nSPS) is 13.2. The molecule has 3 rings (SSSR count). The van der Waals surface area contributed by atoms with Gasteiger partial charge >= 0.3 is 0 Å². The molecule has 4 N–H and O–H groups in total. The molecular weight excluding hydrogens is 339 g/mol. The summed E-state index contributed by atoms with van der Waals surface area (Å²) in [6.07, 6.45) is 2.26. The van der Waals surface area contributed by atoms with Crippen molar-refractivity contribution in [2.45, 2.75) is 12.8 Å². The van der Waals surface area contributed by atoms with E-state index in [0.29, 0.717) is 29.6 Å². The van der Waals surface area contributed by atoms with Crippen molar-refractivity contribution in [2.24, 2.45) is 11.7 Å². The monoisotopic (exact) mass is 360 g/mol. The van der Waals surface area contributed by atoms with Crippen molar-refractivity contribution in [2.75, 3.05) is 31.4 Å². The molecule has 138 valence electrons. The van der Waals surface area contributed by atoms with E-state index in [0.717, 1.165) is 18.9 Å². The first-order chi connectivity index (χ1) is 12.5. The van der Waals surface area contributed by atoms with E-state index in [2.05, 4.69) is 15.6 Å². The highest BCUT2D eigenvalue weighted by Gasteiger charge is 2.22. The number of methoxy groups -OCH3 is 2. The SMILES string of the molecule is COc1cc(Nc2nc(NCC3CC3)c(F)cc2C(N)=O)cc(OC)c1. The van der Waals surface area contributed by atoms with E-state index in [1.807, 2.05) is 0 Å². The minimum absolute atomic E-state index is 0.0405. The molecule has 2 aromatic rings. The van der Waals surface area contributed by atoms with Crippen molar-refractivity contribution in [3.05, 3.63) is 35.6 Å². The first-order valence-corrected chi connectivity index (χ1v) is 8.24. The van der Waals surface area contributed by atoms with Gasteiger partial charge in [-0.2, -0.15) is 0 Å². The number of nitrogens with two attached hydrogens (primary N) is 1. The molecule has 0 bridgehead atoms. The largest absolute Gasteiger partial charge is 0.497 e. The highest BCUT2D eigenvalue weighted by molar-refractivity contribution is 5.98. The Morgan fingerprint density at radius 1 is 1.19 bits per heavy atom. The summed E-state index contributed by atoms with van der Waals surface area (Å²) in [5.41, 5.74) is 5.90. The highest BCUT2D eigenvalue weighted by atomic mass is 19.1. The van der Waals surface area contributed by atoms with Crippen LogP contribution in [0.1, 0.15) is 23.2 Å². The molecule has 1 heterocycles. The summed E-state index contributed by atoms with van der Waals surface area (Å²) in [5.74, 6) is 0.511. The van der Waals surface area contributed by atoms with Crippen LogP contribution in [0.15, 0.2) is 24.3 Å². The lowest BCUT2D eigenvalue weighted by Crippen LogP contribution is -2.17. The molecule has 1 aromatic heterocycles. The van der Waals surface area contributed by atoms with Crippen LogP contribution in [0.2, 0.25) is 0 Å². The Hall–Kier alpha value is -3.03. The summed E-state index contributed by atoms with van der Waals surface area (Å²) in [5, 5.41) is 5.98. The van der Waals surface area contributed by atoms with Gasteiger partial charge in [-0.15, -0.1) is 0 Å². The van der Waals surface area contributed by atoms with Crippen LogP contribution in [-0.4, -0.2) is 31.7 Å². The lowest BCUT2D eigenvalue weighted by Gasteiger charge is -2.14. The number of pyridine rings is 1. The molecule has 1 amide bonds. The summed E-state index contributed by atoms with van der Waals surface area (Å²) in [6.45, 7) is 0.645. The predicted molar refractivity (Wildman–Crippen MR) is 96.8 cm³/mol. The lowest BCUT2D eigenvalue weighted by molar-refractivity contribution is 0.100. The number of ether oxygens (including phenoxy) is 2. The Morgan fingerprint density at radius 3 is 2.38 bits per heavy atom. The van der Waals surface area contributed by atoms with E-state index in [1.165, 1.54) is 14.2 Å². The molecule has 1 aliphatic rings. The summed E-state index contributed by atoms with van der Waals surface area (Å²) >= 11 is 0. The fourth-order valence-electron chi connectivity index (χ4n) is 2.48. The third kappa shape index (κ3) is 4.14. The van der Waals surface area contributed by atoms with Crippen molar-refractivity contribution in [3.8, 4) is 11.5 Å². The average Bonchev–Trinajstić information content (AvgIpc) is 3.45. The molecule has 1 saturated carbocycles. The van der Waals surface area contributed by atoms with Crippen molar-refractivity contribution in [1.29, 1.82) is 0 Å². The maximum Gasteiger partial charge on any atom is 0.252 e. The number of carbonyl (C=O) groups excluding carboxylic acids is 1. The Labute approximate surface area is 150 Å². The predicted octanol–water partition coefficient (Wildman–Crippen LogP) is 2.90. The minimum Gasteiger partial charge on any atom is -0.497 e. The second-order valence-electron chi connectivity index (χ2n) is 6.13. The topological polar surface area (TPSA) is 98.5 Å². The van der Waals surface area contributed by atoms with Crippen LogP contribution in [0.4, 0.5) is 21.7 Å². The van der Waals surface area contributed by atoms with Gasteiger partial charge in [0.2, 0.25) is 0 Å². The lowest BCUT2D eigenvalue weighted by atomic mass is 10.2. The van der Waals surface area contributed by atoms with E-state index < -0.39 is 11.7 Å². The molecule has 1 aliphatic carbocycles. The van der Waals surface area contributed by atoms with Gasteiger partial charge in [0.25, 0.3) is 5.91 Å². The number of amides is 1. The maximum atomic E-state index is 14.2. The van der Waals surface area contributed by atoms with E-state index in [1.54, 1.807) is 18.2 Å². The second kappa shape index (κ2) is 7.47. The van der Waals surface area contributed by atoms with Crippen LogP contribution in [0.25, 0.3) is 0 Å². The van der Waals surface area contributed by atoms with Gasteiger partial charge in [0.15, 0.2) is 11.6 Å². The number of nitrogens with zero attached hydrogens (tertiary/aromatic N) is 1. The second-order valence-corrected chi connectivity index (χ2v) is 6.13. The number of primary amides is 1. The van der Waals surface area contributed by atoms with Crippen molar-refractivity contribution in [3.63, 3.8) is 0 Å². The third-order valence-electron chi connectivity index (χ3n) is 4.11. The summed E-state index contributed by atoms with van der Waals surface area (Å²) in [4.78, 5) is 15.9. The van der Waals surface area contributed by atoms with Crippen molar-refractivity contribution < 1.29 is 18.7 Å². The van der Waals surface area contributed by atoms with E-state index in [-0.39, 0.29) is 17.2 Å². The van der Waals surface area contributed by atoms with Crippen LogP contribution >= 0.6 is 0 Å². The standard InChI is InChI=1S/C18H21FN4O3/c1-25-12-5-11(6-13(7-12)26-2)22-17-14(16(20)24)8-15(19)18(23-17)21-9-10-3-4-10/h5-8,10H,3-4,9H2,1-2H3,(H2,20,24)(H2,21,22,23). The van der Waals surface area contributed by atoms with Gasteiger partial charge in [-0.25, -0.2) is 9.37 Å². The van der Waals surface area contributed by atoms with Gasteiger partial charge in [0, 0.05) is 30.4 Å². The average molecular weight is 360 g/mol. The van der Waals surface area contributed by atoms with Crippen LogP contribution in [0.5, 0.6) is 11.5 Å².